The van der Waals surface area contributed by atoms with Gasteiger partial charge in [-0.05, 0) is 30.9 Å². The third-order valence-electron chi connectivity index (χ3n) is 3.86. The van der Waals surface area contributed by atoms with E-state index in [-0.39, 0.29) is 12.7 Å². The Morgan fingerprint density at radius 3 is 3.00 bits per heavy atom. The second-order valence-corrected chi connectivity index (χ2v) is 5.38. The van der Waals surface area contributed by atoms with Crippen LogP contribution in [0.15, 0.2) is 24.3 Å². The van der Waals surface area contributed by atoms with Gasteiger partial charge in [0.2, 0.25) is 0 Å². The SMILES string of the molecule is OC[C@H]1CN(C[C@H]2CCCOC2)c2ccccc2O1. The van der Waals surface area contributed by atoms with E-state index in [1.54, 1.807) is 0 Å². The maximum atomic E-state index is 9.36. The highest BCUT2D eigenvalue weighted by Gasteiger charge is 2.27. The smallest absolute Gasteiger partial charge is 0.143 e. The number of hydrogen-bond donors (Lipinski definition) is 1. The van der Waals surface area contributed by atoms with Crippen molar-refractivity contribution in [3.8, 4) is 5.75 Å². The number of nitrogens with zero attached hydrogens (tertiary/aromatic N) is 1. The van der Waals surface area contributed by atoms with E-state index in [4.69, 9.17) is 9.47 Å². The highest BCUT2D eigenvalue weighted by molar-refractivity contribution is 5.60. The second-order valence-electron chi connectivity index (χ2n) is 5.38. The van der Waals surface area contributed by atoms with Crippen molar-refractivity contribution in [2.24, 2.45) is 5.92 Å². The monoisotopic (exact) mass is 263 g/mol. The molecule has 4 nitrogen and oxygen atoms in total. The number of aliphatic hydroxyl groups is 1. The van der Waals surface area contributed by atoms with E-state index in [1.807, 2.05) is 18.2 Å². The lowest BCUT2D eigenvalue weighted by atomic mass is 10.0. The van der Waals surface area contributed by atoms with Crippen LogP contribution in [0.5, 0.6) is 5.75 Å². The number of rotatable bonds is 3. The van der Waals surface area contributed by atoms with Gasteiger partial charge in [-0.1, -0.05) is 12.1 Å². The number of benzene rings is 1. The zero-order chi connectivity index (χ0) is 13.1. The third-order valence-corrected chi connectivity index (χ3v) is 3.86. The van der Waals surface area contributed by atoms with Crippen LogP contribution < -0.4 is 9.64 Å². The van der Waals surface area contributed by atoms with E-state index >= 15 is 0 Å². The lowest BCUT2D eigenvalue weighted by Gasteiger charge is -2.38. The summed E-state index contributed by atoms with van der Waals surface area (Å²) in [5.41, 5.74) is 1.14. The van der Waals surface area contributed by atoms with E-state index < -0.39 is 0 Å². The molecular formula is C15H21NO3. The Labute approximate surface area is 113 Å². The molecule has 0 unspecified atom stereocenters. The minimum atomic E-state index is -0.126. The van der Waals surface area contributed by atoms with Crippen LogP contribution in [-0.4, -0.2) is 44.1 Å². The van der Waals surface area contributed by atoms with Crippen molar-refractivity contribution in [3.05, 3.63) is 24.3 Å². The average molecular weight is 263 g/mol. The predicted octanol–water partition coefficient (Wildman–Crippen LogP) is 1.67. The number of hydrogen-bond acceptors (Lipinski definition) is 4. The molecule has 104 valence electrons. The number of anilines is 1. The summed E-state index contributed by atoms with van der Waals surface area (Å²) >= 11 is 0. The molecule has 1 N–H and O–H groups in total. The van der Waals surface area contributed by atoms with Gasteiger partial charge in [0.15, 0.2) is 0 Å². The maximum Gasteiger partial charge on any atom is 0.143 e. The summed E-state index contributed by atoms with van der Waals surface area (Å²) in [4.78, 5) is 2.33. The molecule has 1 aromatic carbocycles. The van der Waals surface area contributed by atoms with Gasteiger partial charge in [-0.2, -0.15) is 0 Å². The first-order chi connectivity index (χ1) is 9.36. The van der Waals surface area contributed by atoms with Crippen LogP contribution in [0, 0.1) is 5.92 Å². The molecule has 0 bridgehead atoms. The van der Waals surface area contributed by atoms with E-state index in [0.29, 0.717) is 5.92 Å². The molecule has 1 saturated heterocycles. The molecule has 0 aliphatic carbocycles. The van der Waals surface area contributed by atoms with Gasteiger partial charge in [-0.3, -0.25) is 0 Å². The normalized spacial score (nSPS) is 26.7. The first-order valence-electron chi connectivity index (χ1n) is 7.06. The Morgan fingerprint density at radius 2 is 2.21 bits per heavy atom. The van der Waals surface area contributed by atoms with E-state index in [9.17, 15) is 5.11 Å². The van der Waals surface area contributed by atoms with Gasteiger partial charge < -0.3 is 19.5 Å². The molecule has 0 aromatic heterocycles. The highest BCUT2D eigenvalue weighted by atomic mass is 16.5. The number of ether oxygens (including phenoxy) is 2. The van der Waals surface area contributed by atoms with Crippen molar-refractivity contribution in [1.82, 2.24) is 0 Å². The van der Waals surface area contributed by atoms with Crippen molar-refractivity contribution < 1.29 is 14.6 Å². The largest absolute Gasteiger partial charge is 0.484 e. The molecule has 0 saturated carbocycles. The van der Waals surface area contributed by atoms with Crippen molar-refractivity contribution >= 4 is 5.69 Å². The fourth-order valence-electron chi connectivity index (χ4n) is 2.91. The Bertz CT molecular complexity index is 418. The first-order valence-corrected chi connectivity index (χ1v) is 7.06. The fourth-order valence-corrected chi connectivity index (χ4v) is 2.91. The van der Waals surface area contributed by atoms with Crippen LogP contribution in [0.3, 0.4) is 0 Å². The summed E-state index contributed by atoms with van der Waals surface area (Å²) in [6.07, 6.45) is 2.25. The summed E-state index contributed by atoms with van der Waals surface area (Å²) in [6.45, 7) is 3.55. The molecule has 1 aromatic rings. The van der Waals surface area contributed by atoms with E-state index in [1.165, 1.54) is 6.42 Å². The molecule has 0 radical (unpaired) electrons. The summed E-state index contributed by atoms with van der Waals surface area (Å²) in [7, 11) is 0. The Balaban J connectivity index is 1.75. The molecule has 1 fully saturated rings. The van der Waals surface area contributed by atoms with E-state index in [0.717, 1.165) is 44.2 Å². The molecule has 2 aliphatic heterocycles. The molecule has 2 heterocycles. The van der Waals surface area contributed by atoms with Crippen molar-refractivity contribution in [3.63, 3.8) is 0 Å². The molecule has 2 aliphatic rings. The van der Waals surface area contributed by atoms with Crippen LogP contribution in [0.2, 0.25) is 0 Å². The minimum Gasteiger partial charge on any atom is -0.484 e. The van der Waals surface area contributed by atoms with Crippen LogP contribution >= 0.6 is 0 Å². The van der Waals surface area contributed by atoms with E-state index in [2.05, 4.69) is 11.0 Å². The standard InChI is InChI=1S/C15H21NO3/c17-10-13-9-16(8-12-4-3-7-18-11-12)14-5-1-2-6-15(14)19-13/h1-2,5-6,12-13,17H,3-4,7-11H2/t12-,13-/m1/s1. The van der Waals surface area contributed by atoms with Gasteiger partial charge in [-0.15, -0.1) is 0 Å². The van der Waals surface area contributed by atoms with Crippen molar-refractivity contribution in [2.45, 2.75) is 18.9 Å². The zero-order valence-electron chi connectivity index (χ0n) is 11.1. The molecule has 0 spiro atoms. The molecule has 4 heteroatoms. The predicted molar refractivity (Wildman–Crippen MR) is 73.7 cm³/mol. The molecule has 3 rings (SSSR count). The van der Waals surface area contributed by atoms with Gasteiger partial charge in [0.05, 0.1) is 25.4 Å². The van der Waals surface area contributed by atoms with Gasteiger partial charge in [0.1, 0.15) is 11.9 Å². The van der Waals surface area contributed by atoms with Gasteiger partial charge >= 0.3 is 0 Å². The number of para-hydroxylation sites is 2. The highest BCUT2D eigenvalue weighted by Crippen LogP contribution is 2.34. The molecule has 2 atom stereocenters. The Hall–Kier alpha value is -1.26. The van der Waals surface area contributed by atoms with Crippen molar-refractivity contribution in [2.75, 3.05) is 37.8 Å². The lowest BCUT2D eigenvalue weighted by molar-refractivity contribution is 0.0544. The quantitative estimate of drug-likeness (QED) is 0.901. The molecular weight excluding hydrogens is 242 g/mol. The average Bonchev–Trinajstić information content (AvgIpc) is 2.48. The topological polar surface area (TPSA) is 41.9 Å². The summed E-state index contributed by atoms with van der Waals surface area (Å²) in [5, 5.41) is 9.36. The summed E-state index contributed by atoms with van der Waals surface area (Å²) < 4.78 is 11.3. The Morgan fingerprint density at radius 1 is 1.32 bits per heavy atom. The molecule has 0 amide bonds. The van der Waals surface area contributed by atoms with Crippen LogP contribution in [0.25, 0.3) is 0 Å². The third kappa shape index (κ3) is 2.85. The van der Waals surface area contributed by atoms with Gasteiger partial charge in [0, 0.05) is 13.2 Å². The fraction of sp³-hybridized carbons (Fsp3) is 0.600. The van der Waals surface area contributed by atoms with Crippen LogP contribution in [-0.2, 0) is 4.74 Å². The first kappa shape index (κ1) is 12.8. The minimum absolute atomic E-state index is 0.0615. The molecule has 19 heavy (non-hydrogen) atoms. The lowest BCUT2D eigenvalue weighted by Crippen LogP contribution is -2.45. The number of aliphatic hydroxyl groups excluding tert-OH is 1. The van der Waals surface area contributed by atoms with Gasteiger partial charge in [0.25, 0.3) is 0 Å². The zero-order valence-corrected chi connectivity index (χ0v) is 11.1. The maximum absolute atomic E-state index is 9.36. The Kier molecular flexibility index (Phi) is 3.89. The van der Waals surface area contributed by atoms with Crippen molar-refractivity contribution in [1.29, 1.82) is 0 Å². The number of fused-ring (bicyclic) bond motifs is 1. The van der Waals surface area contributed by atoms with Gasteiger partial charge in [-0.25, -0.2) is 0 Å². The summed E-state index contributed by atoms with van der Waals surface area (Å²) in [6, 6.07) is 8.07. The second kappa shape index (κ2) is 5.80. The summed E-state index contributed by atoms with van der Waals surface area (Å²) in [5.74, 6) is 1.46. The van der Waals surface area contributed by atoms with Crippen LogP contribution in [0.4, 0.5) is 5.69 Å². The van der Waals surface area contributed by atoms with Crippen LogP contribution in [0.1, 0.15) is 12.8 Å².